The van der Waals surface area contributed by atoms with Crippen LogP contribution in [0.3, 0.4) is 0 Å². The lowest BCUT2D eigenvalue weighted by Crippen LogP contribution is -2.49. The van der Waals surface area contributed by atoms with E-state index in [4.69, 9.17) is 9.72 Å². The predicted molar refractivity (Wildman–Crippen MR) is 143 cm³/mol. The lowest BCUT2D eigenvalue weighted by Gasteiger charge is -2.36. The molecule has 0 saturated carbocycles. The smallest absolute Gasteiger partial charge is 0.256 e. The van der Waals surface area contributed by atoms with Crippen LogP contribution in [0.15, 0.2) is 30.9 Å². The number of aryl methyl sites for hydroxylation is 2. The molecule has 39 heavy (non-hydrogen) atoms. The highest BCUT2D eigenvalue weighted by molar-refractivity contribution is 6.05. The molecule has 11 nitrogen and oxygen atoms in total. The largest absolute Gasteiger partial charge is 0.478 e. The minimum atomic E-state index is -2.67. The molecule has 1 aliphatic heterocycles. The van der Waals surface area contributed by atoms with Gasteiger partial charge in [0.15, 0.2) is 5.82 Å². The number of nitrogens with zero attached hydrogens (tertiary/aromatic N) is 6. The second-order valence-electron chi connectivity index (χ2n) is 9.67. The number of piperidine rings is 1. The second-order valence-corrected chi connectivity index (χ2v) is 9.67. The molecule has 0 radical (unpaired) electrons. The number of aromatic amines is 1. The molecule has 1 atom stereocenters. The number of rotatable bonds is 8. The molecule has 1 fully saturated rings. The van der Waals surface area contributed by atoms with E-state index in [1.165, 1.54) is 0 Å². The first-order chi connectivity index (χ1) is 18.7. The third kappa shape index (κ3) is 5.39. The van der Waals surface area contributed by atoms with Gasteiger partial charge < -0.3 is 20.4 Å². The molecule has 0 aromatic carbocycles. The van der Waals surface area contributed by atoms with Crippen LogP contribution < -0.4 is 15.4 Å². The van der Waals surface area contributed by atoms with Crippen molar-refractivity contribution in [1.82, 2.24) is 34.6 Å². The number of carbonyl (C=O) groups is 1. The summed E-state index contributed by atoms with van der Waals surface area (Å²) in [6, 6.07) is 1.33. The Morgan fingerprint density at radius 3 is 2.77 bits per heavy atom. The Kier molecular flexibility index (Phi) is 7.17. The van der Waals surface area contributed by atoms with Gasteiger partial charge in [-0.05, 0) is 25.0 Å². The maximum Gasteiger partial charge on any atom is 0.256 e. The van der Waals surface area contributed by atoms with Crippen LogP contribution in [0, 0.1) is 6.92 Å². The Balaban J connectivity index is 1.40. The number of halogens is 2. The number of methoxy groups -OCH3 is 1. The van der Waals surface area contributed by atoms with Crippen molar-refractivity contribution in [3.05, 3.63) is 36.4 Å². The summed E-state index contributed by atoms with van der Waals surface area (Å²) >= 11 is 0. The first kappa shape index (κ1) is 26.5. The minimum absolute atomic E-state index is 0.178. The van der Waals surface area contributed by atoms with Crippen molar-refractivity contribution in [2.75, 3.05) is 30.8 Å². The van der Waals surface area contributed by atoms with Crippen molar-refractivity contribution in [3.63, 3.8) is 0 Å². The van der Waals surface area contributed by atoms with Gasteiger partial charge in [0.05, 0.1) is 30.6 Å². The lowest BCUT2D eigenvalue weighted by molar-refractivity contribution is -0.125. The maximum atomic E-state index is 13.6. The summed E-state index contributed by atoms with van der Waals surface area (Å²) in [7, 11) is 3.33. The number of hydrogen-bond acceptors (Lipinski definition) is 8. The van der Waals surface area contributed by atoms with Gasteiger partial charge in [-0.15, -0.1) is 5.10 Å². The molecule has 5 rings (SSSR count). The number of likely N-dealkylation sites (tertiary alicyclic amines) is 1. The van der Waals surface area contributed by atoms with Gasteiger partial charge in [0, 0.05) is 62.5 Å². The van der Waals surface area contributed by atoms with E-state index in [1.807, 2.05) is 31.0 Å². The average Bonchev–Trinajstić information content (AvgIpc) is 3.50. The fourth-order valence-corrected chi connectivity index (χ4v) is 4.92. The summed E-state index contributed by atoms with van der Waals surface area (Å²) in [4.78, 5) is 31.8. The van der Waals surface area contributed by atoms with Gasteiger partial charge in [0.2, 0.25) is 11.9 Å². The Bertz CT molecular complexity index is 1490. The van der Waals surface area contributed by atoms with Crippen molar-refractivity contribution < 1.29 is 18.3 Å². The van der Waals surface area contributed by atoms with Gasteiger partial charge in [-0.25, -0.2) is 23.7 Å². The highest BCUT2D eigenvalue weighted by Gasteiger charge is 2.37. The molecular weight excluding hydrogens is 508 g/mol. The van der Waals surface area contributed by atoms with Gasteiger partial charge in [-0.3, -0.25) is 14.4 Å². The molecule has 1 unspecified atom stereocenters. The number of H-pyrrole nitrogens is 1. The molecule has 1 aliphatic rings. The van der Waals surface area contributed by atoms with Gasteiger partial charge in [0.25, 0.3) is 11.8 Å². The van der Waals surface area contributed by atoms with Crippen molar-refractivity contribution in [1.29, 1.82) is 0 Å². The third-order valence-corrected chi connectivity index (χ3v) is 6.96. The number of pyridine rings is 1. The molecule has 1 amide bonds. The SMILES string of the molecule is CCC(C(=O)Nc1nccc2c(-c3nc(Nc4cn(C)nc4OC)ncc3C)c[nH]c12)N1CCC(F)(F)CC1. The average molecular weight is 540 g/mol. The van der Waals surface area contributed by atoms with Crippen LogP contribution in [-0.4, -0.2) is 72.7 Å². The van der Waals surface area contributed by atoms with Crippen LogP contribution in [0.5, 0.6) is 5.88 Å². The van der Waals surface area contributed by atoms with E-state index in [2.05, 4.69) is 30.7 Å². The molecule has 206 valence electrons. The number of alkyl halides is 2. The van der Waals surface area contributed by atoms with Crippen molar-refractivity contribution in [2.45, 2.75) is 45.1 Å². The number of aromatic nitrogens is 6. The number of fused-ring (bicyclic) bond motifs is 1. The zero-order chi connectivity index (χ0) is 27.7. The van der Waals surface area contributed by atoms with E-state index >= 15 is 0 Å². The highest BCUT2D eigenvalue weighted by atomic mass is 19.3. The minimum Gasteiger partial charge on any atom is -0.478 e. The number of carbonyl (C=O) groups excluding carboxylic acids is 1. The predicted octanol–water partition coefficient (Wildman–Crippen LogP) is 4.26. The molecule has 13 heteroatoms. The summed E-state index contributed by atoms with van der Waals surface area (Å²) in [6.07, 6.45) is 6.95. The summed E-state index contributed by atoms with van der Waals surface area (Å²) in [6.45, 7) is 4.15. The highest BCUT2D eigenvalue weighted by Crippen LogP contribution is 2.34. The molecule has 5 heterocycles. The Labute approximate surface area is 224 Å². The van der Waals surface area contributed by atoms with Gasteiger partial charge in [0.1, 0.15) is 5.69 Å². The Hall–Kier alpha value is -4.13. The first-order valence-corrected chi connectivity index (χ1v) is 12.8. The molecule has 4 aromatic heterocycles. The van der Waals surface area contributed by atoms with Gasteiger partial charge >= 0.3 is 0 Å². The zero-order valence-electron chi connectivity index (χ0n) is 22.3. The summed E-state index contributed by atoms with van der Waals surface area (Å²) in [5.41, 5.74) is 3.64. The number of amides is 1. The Morgan fingerprint density at radius 2 is 2.05 bits per heavy atom. The monoisotopic (exact) mass is 539 g/mol. The normalized spacial score (nSPS) is 16.3. The van der Waals surface area contributed by atoms with E-state index in [0.717, 1.165) is 16.5 Å². The Morgan fingerprint density at radius 1 is 1.28 bits per heavy atom. The van der Waals surface area contributed by atoms with Crippen LogP contribution in [0.4, 0.5) is 26.2 Å². The molecule has 0 spiro atoms. The molecule has 3 N–H and O–H groups in total. The molecule has 1 saturated heterocycles. The third-order valence-electron chi connectivity index (χ3n) is 6.96. The van der Waals surface area contributed by atoms with E-state index < -0.39 is 12.0 Å². The molecule has 0 aliphatic carbocycles. The summed E-state index contributed by atoms with van der Waals surface area (Å²) in [5, 5.41) is 11.1. The quantitative estimate of drug-likeness (QED) is 0.303. The first-order valence-electron chi connectivity index (χ1n) is 12.8. The van der Waals surface area contributed by atoms with Gasteiger partial charge in [-0.2, -0.15) is 0 Å². The number of anilines is 3. The number of ether oxygens (including phenoxy) is 1. The van der Waals surface area contributed by atoms with E-state index in [0.29, 0.717) is 41.0 Å². The lowest BCUT2D eigenvalue weighted by atomic mass is 10.0. The van der Waals surface area contributed by atoms with E-state index in [-0.39, 0.29) is 31.8 Å². The van der Waals surface area contributed by atoms with E-state index in [1.54, 1.807) is 37.4 Å². The molecule has 4 aromatic rings. The standard InChI is InChI=1S/C26H31F2N9O2/c1-5-19(37-10-7-26(27,28)8-11-37)23(38)34-22-21-16(6-9-29-22)17(13-30-21)20-15(2)12-31-25(33-20)32-18-14-36(3)35-24(18)39-4/h6,9,12-14,19,30H,5,7-8,10-11H2,1-4H3,(H,29,34,38)(H,31,32,33). The number of hydrogen-bond donors (Lipinski definition) is 3. The van der Waals surface area contributed by atoms with Crippen LogP contribution in [0.1, 0.15) is 31.7 Å². The topological polar surface area (TPSA) is 126 Å². The van der Waals surface area contributed by atoms with Crippen molar-refractivity contribution in [3.8, 4) is 17.1 Å². The molecule has 0 bridgehead atoms. The summed E-state index contributed by atoms with van der Waals surface area (Å²) < 4.78 is 34.2. The van der Waals surface area contributed by atoms with Gasteiger partial charge in [-0.1, -0.05) is 6.92 Å². The van der Waals surface area contributed by atoms with Crippen molar-refractivity contribution in [2.24, 2.45) is 7.05 Å². The van der Waals surface area contributed by atoms with Crippen LogP contribution in [0.25, 0.3) is 22.2 Å². The number of nitrogens with one attached hydrogen (secondary N) is 3. The maximum absolute atomic E-state index is 13.6. The molecular formula is C26H31F2N9O2. The van der Waals surface area contributed by atoms with E-state index in [9.17, 15) is 13.6 Å². The van der Waals surface area contributed by atoms with Crippen molar-refractivity contribution >= 4 is 34.3 Å². The second kappa shape index (κ2) is 10.6. The summed E-state index contributed by atoms with van der Waals surface area (Å²) in [5.74, 6) is -1.77. The van der Waals surface area contributed by atoms with Crippen LogP contribution in [-0.2, 0) is 11.8 Å². The van der Waals surface area contributed by atoms with Crippen LogP contribution >= 0.6 is 0 Å². The van der Waals surface area contributed by atoms with Crippen LogP contribution in [0.2, 0.25) is 0 Å². The fourth-order valence-electron chi connectivity index (χ4n) is 4.92. The fraction of sp³-hybridized carbons (Fsp3) is 0.423. The zero-order valence-corrected chi connectivity index (χ0v) is 22.3.